The van der Waals surface area contributed by atoms with Crippen molar-refractivity contribution in [3.8, 4) is 0 Å². The van der Waals surface area contributed by atoms with E-state index in [1.807, 2.05) is 0 Å². The molecule has 1 rings (SSSR count). The molecule has 0 atom stereocenters. The lowest BCUT2D eigenvalue weighted by atomic mass is 10.2. The van der Waals surface area contributed by atoms with E-state index in [0.717, 1.165) is 19.4 Å². The molecule has 0 saturated carbocycles. The average Bonchev–Trinajstić information content (AvgIpc) is 2.38. The van der Waals surface area contributed by atoms with Crippen molar-refractivity contribution < 1.29 is 24.0 Å². The average molecular weight is 268 g/mol. The quantitative estimate of drug-likeness (QED) is 0.443. The molecule has 19 heavy (non-hydrogen) atoms. The highest BCUT2D eigenvalue weighted by Crippen LogP contribution is 2.19. The minimum Gasteiger partial charge on any atom is -0.466 e. The number of aromatic nitrogens is 1. The van der Waals surface area contributed by atoms with Gasteiger partial charge in [0.05, 0.1) is 30.6 Å². The molecular formula is C11H12N2O6. The third-order valence-corrected chi connectivity index (χ3v) is 2.18. The first-order valence-corrected chi connectivity index (χ1v) is 5.36. The van der Waals surface area contributed by atoms with Crippen LogP contribution < -0.4 is 0 Å². The van der Waals surface area contributed by atoms with Gasteiger partial charge in [-0.2, -0.15) is 0 Å². The molecule has 0 amide bonds. The van der Waals surface area contributed by atoms with Crippen molar-refractivity contribution in [2.24, 2.45) is 0 Å². The molecule has 0 aromatic carbocycles. The van der Waals surface area contributed by atoms with Gasteiger partial charge in [-0.15, -0.1) is 0 Å². The van der Waals surface area contributed by atoms with Crippen LogP contribution in [0.1, 0.15) is 23.0 Å². The fourth-order valence-corrected chi connectivity index (χ4v) is 1.35. The van der Waals surface area contributed by atoms with Crippen molar-refractivity contribution in [3.63, 3.8) is 0 Å². The van der Waals surface area contributed by atoms with E-state index in [1.165, 1.54) is 0 Å². The lowest BCUT2D eigenvalue weighted by molar-refractivity contribution is -0.385. The minimum absolute atomic E-state index is 0.0539. The van der Waals surface area contributed by atoms with Gasteiger partial charge in [-0.1, -0.05) is 0 Å². The first-order valence-electron chi connectivity index (χ1n) is 5.36. The molecule has 1 heterocycles. The summed E-state index contributed by atoms with van der Waals surface area (Å²) in [7, 11) is 1.15. The van der Waals surface area contributed by atoms with Crippen molar-refractivity contribution >= 4 is 17.6 Å². The summed E-state index contributed by atoms with van der Waals surface area (Å²) in [4.78, 5) is 36.5. The van der Waals surface area contributed by atoms with Crippen LogP contribution in [0, 0.1) is 10.1 Å². The molecule has 8 heteroatoms. The standard InChI is InChI=1S/C11H12N2O6/c1-3-19-10(14)5-8-9(13(16)17)4-7(6-12-8)11(15)18-2/h4,6H,3,5H2,1-2H3. The van der Waals surface area contributed by atoms with Gasteiger partial charge in [-0.3, -0.25) is 19.9 Å². The number of nitro groups is 1. The number of esters is 2. The molecule has 0 N–H and O–H groups in total. The van der Waals surface area contributed by atoms with Gasteiger partial charge in [-0.05, 0) is 6.92 Å². The molecule has 0 aliphatic heterocycles. The summed E-state index contributed by atoms with van der Waals surface area (Å²) in [5, 5.41) is 10.9. The summed E-state index contributed by atoms with van der Waals surface area (Å²) in [6.45, 7) is 1.80. The van der Waals surface area contributed by atoms with Crippen LogP contribution in [0.25, 0.3) is 0 Å². The maximum atomic E-state index is 11.3. The maximum absolute atomic E-state index is 11.3. The van der Waals surface area contributed by atoms with Gasteiger partial charge in [0.25, 0.3) is 5.69 Å². The highest BCUT2D eigenvalue weighted by molar-refractivity contribution is 5.90. The van der Waals surface area contributed by atoms with Crippen molar-refractivity contribution in [2.75, 3.05) is 13.7 Å². The van der Waals surface area contributed by atoms with E-state index >= 15 is 0 Å². The number of carbonyl (C=O) groups is 2. The number of carbonyl (C=O) groups excluding carboxylic acids is 2. The Morgan fingerprint density at radius 3 is 2.68 bits per heavy atom. The van der Waals surface area contributed by atoms with Crippen LogP contribution in [0.15, 0.2) is 12.3 Å². The zero-order valence-electron chi connectivity index (χ0n) is 10.4. The zero-order chi connectivity index (χ0) is 14.4. The Morgan fingerprint density at radius 1 is 1.47 bits per heavy atom. The van der Waals surface area contributed by atoms with Gasteiger partial charge in [0.15, 0.2) is 0 Å². The smallest absolute Gasteiger partial charge is 0.339 e. The Morgan fingerprint density at radius 2 is 2.16 bits per heavy atom. The molecule has 0 radical (unpaired) electrons. The number of hydrogen-bond acceptors (Lipinski definition) is 7. The molecule has 8 nitrogen and oxygen atoms in total. The van der Waals surface area contributed by atoms with E-state index in [4.69, 9.17) is 0 Å². The molecule has 0 aliphatic rings. The first kappa shape index (κ1) is 14.6. The molecule has 0 fully saturated rings. The van der Waals surface area contributed by atoms with E-state index in [9.17, 15) is 19.7 Å². The van der Waals surface area contributed by atoms with Crippen molar-refractivity contribution in [1.29, 1.82) is 0 Å². The largest absolute Gasteiger partial charge is 0.466 e. The highest BCUT2D eigenvalue weighted by Gasteiger charge is 2.21. The summed E-state index contributed by atoms with van der Waals surface area (Å²) in [5.41, 5.74) is -0.533. The third-order valence-electron chi connectivity index (χ3n) is 2.18. The number of methoxy groups -OCH3 is 1. The van der Waals surface area contributed by atoms with Gasteiger partial charge in [0, 0.05) is 12.3 Å². The van der Waals surface area contributed by atoms with E-state index in [1.54, 1.807) is 6.92 Å². The molecule has 1 aromatic heterocycles. The van der Waals surface area contributed by atoms with Crippen molar-refractivity contribution in [1.82, 2.24) is 4.98 Å². The zero-order valence-corrected chi connectivity index (χ0v) is 10.4. The molecule has 0 unspecified atom stereocenters. The summed E-state index contributed by atoms with van der Waals surface area (Å²) in [6.07, 6.45) is 0.791. The fraction of sp³-hybridized carbons (Fsp3) is 0.364. The molecule has 0 aliphatic carbocycles. The fourth-order valence-electron chi connectivity index (χ4n) is 1.35. The van der Waals surface area contributed by atoms with Crippen LogP contribution in [0.3, 0.4) is 0 Å². The summed E-state index contributed by atoms with van der Waals surface area (Å²) >= 11 is 0. The van der Waals surface area contributed by atoms with Crippen LogP contribution in [0.2, 0.25) is 0 Å². The Hall–Kier alpha value is -2.51. The van der Waals surface area contributed by atoms with Crippen LogP contribution in [0.5, 0.6) is 0 Å². The Labute approximate surface area is 108 Å². The number of nitrogens with zero attached hydrogens (tertiary/aromatic N) is 2. The van der Waals surface area contributed by atoms with Crippen LogP contribution in [0.4, 0.5) is 5.69 Å². The van der Waals surface area contributed by atoms with E-state index in [-0.39, 0.29) is 24.3 Å². The Balaban J connectivity index is 3.08. The SMILES string of the molecule is CCOC(=O)Cc1ncc(C(=O)OC)cc1[N+](=O)[O-]. The molecule has 0 spiro atoms. The number of rotatable bonds is 5. The number of ether oxygens (including phenoxy) is 2. The summed E-state index contributed by atoms with van der Waals surface area (Å²) in [5.74, 6) is -1.36. The predicted octanol–water partition coefficient (Wildman–Crippen LogP) is 0.882. The van der Waals surface area contributed by atoms with E-state index in [2.05, 4.69) is 14.5 Å². The maximum Gasteiger partial charge on any atom is 0.339 e. The van der Waals surface area contributed by atoms with Gasteiger partial charge in [0.1, 0.15) is 5.69 Å². The third kappa shape index (κ3) is 3.73. The molecule has 1 aromatic rings. The van der Waals surface area contributed by atoms with Crippen LogP contribution >= 0.6 is 0 Å². The Bertz CT molecular complexity index is 514. The topological polar surface area (TPSA) is 109 Å². The second-order valence-corrected chi connectivity index (χ2v) is 3.42. The van der Waals surface area contributed by atoms with Crippen LogP contribution in [-0.4, -0.2) is 35.6 Å². The van der Waals surface area contributed by atoms with Gasteiger partial charge in [0.2, 0.25) is 0 Å². The lowest BCUT2D eigenvalue weighted by Crippen LogP contribution is -2.12. The molecule has 0 bridgehead atoms. The van der Waals surface area contributed by atoms with Gasteiger partial charge >= 0.3 is 11.9 Å². The second-order valence-electron chi connectivity index (χ2n) is 3.42. The monoisotopic (exact) mass is 268 g/mol. The van der Waals surface area contributed by atoms with E-state index in [0.29, 0.717) is 0 Å². The van der Waals surface area contributed by atoms with Crippen LogP contribution in [-0.2, 0) is 20.7 Å². The normalized spacial score (nSPS) is 9.79. The van der Waals surface area contributed by atoms with Gasteiger partial charge in [-0.25, -0.2) is 4.79 Å². The van der Waals surface area contributed by atoms with Crippen molar-refractivity contribution in [2.45, 2.75) is 13.3 Å². The lowest BCUT2D eigenvalue weighted by Gasteiger charge is -2.04. The van der Waals surface area contributed by atoms with Crippen molar-refractivity contribution in [3.05, 3.63) is 33.6 Å². The highest BCUT2D eigenvalue weighted by atomic mass is 16.6. The van der Waals surface area contributed by atoms with E-state index < -0.39 is 22.5 Å². The minimum atomic E-state index is -0.738. The predicted molar refractivity (Wildman–Crippen MR) is 62.6 cm³/mol. The molecular weight excluding hydrogens is 256 g/mol. The molecule has 0 saturated heterocycles. The molecule has 102 valence electrons. The number of pyridine rings is 1. The second kappa shape index (κ2) is 6.43. The first-order chi connectivity index (χ1) is 8.99. The van der Waals surface area contributed by atoms with Gasteiger partial charge < -0.3 is 9.47 Å². The summed E-state index contributed by atoms with van der Waals surface area (Å²) < 4.78 is 9.12. The summed E-state index contributed by atoms with van der Waals surface area (Å²) in [6, 6.07) is 1.02. The Kier molecular flexibility index (Phi) is 4.92. The number of hydrogen-bond donors (Lipinski definition) is 0.